The van der Waals surface area contributed by atoms with E-state index in [4.69, 9.17) is 0 Å². The van der Waals surface area contributed by atoms with Crippen LogP contribution in [-0.4, -0.2) is 64.9 Å². The molecule has 0 radical (unpaired) electrons. The van der Waals surface area contributed by atoms with Crippen LogP contribution in [0.1, 0.15) is 27.5 Å². The van der Waals surface area contributed by atoms with Crippen LogP contribution in [0, 0.1) is 0 Å². The maximum atomic E-state index is 13.7. The van der Waals surface area contributed by atoms with Gasteiger partial charge in [0.2, 0.25) is 0 Å². The van der Waals surface area contributed by atoms with Crippen LogP contribution in [0.4, 0.5) is 24.0 Å². The molecule has 1 saturated heterocycles. The Kier molecular flexibility index (Phi) is 7.61. The Hall–Kier alpha value is -4.71. The number of rotatable bonds is 6. The molecule has 3 heterocycles. The molecule has 1 N–H and O–H groups in total. The lowest BCUT2D eigenvalue weighted by Gasteiger charge is -2.36. The van der Waals surface area contributed by atoms with Crippen molar-refractivity contribution >= 4 is 39.9 Å². The molecular weight excluding hydrogens is 579 g/mol. The SMILES string of the molecule is O=C(Nc1nccs1)C(c1ccccc1)N1Cc2ccc(-c3ccc(N4CCN(C(=O)C(F)(F)F)CC4)cc3)cc2C1=O. The largest absolute Gasteiger partial charge is 0.471 e. The summed E-state index contributed by atoms with van der Waals surface area (Å²) < 4.78 is 38.3. The fraction of sp³-hybridized carbons (Fsp3) is 0.226. The molecule has 1 aromatic heterocycles. The molecule has 2 aliphatic heterocycles. The van der Waals surface area contributed by atoms with Gasteiger partial charge in [0.25, 0.3) is 11.8 Å². The second-order valence-electron chi connectivity index (χ2n) is 10.3. The fourth-order valence-electron chi connectivity index (χ4n) is 5.49. The molecule has 4 aromatic rings. The Bertz CT molecular complexity index is 1640. The highest BCUT2D eigenvalue weighted by atomic mass is 32.1. The Morgan fingerprint density at radius 1 is 0.907 bits per heavy atom. The van der Waals surface area contributed by atoms with Crippen LogP contribution >= 0.6 is 11.3 Å². The van der Waals surface area contributed by atoms with E-state index < -0.39 is 18.1 Å². The number of fused-ring (bicyclic) bond motifs is 1. The molecule has 1 fully saturated rings. The summed E-state index contributed by atoms with van der Waals surface area (Å²) in [5.74, 6) is -2.40. The summed E-state index contributed by atoms with van der Waals surface area (Å²) in [7, 11) is 0. The Balaban J connectivity index is 1.18. The van der Waals surface area contributed by atoms with Gasteiger partial charge >= 0.3 is 12.1 Å². The summed E-state index contributed by atoms with van der Waals surface area (Å²) in [6, 6.07) is 21.5. The molecule has 0 saturated carbocycles. The minimum atomic E-state index is -4.87. The molecule has 3 aromatic carbocycles. The van der Waals surface area contributed by atoms with E-state index in [-0.39, 0.29) is 31.4 Å². The zero-order valence-electron chi connectivity index (χ0n) is 22.8. The van der Waals surface area contributed by atoms with Gasteiger partial charge < -0.3 is 14.7 Å². The van der Waals surface area contributed by atoms with Crippen LogP contribution in [0.25, 0.3) is 11.1 Å². The molecule has 2 aliphatic rings. The fourth-order valence-corrected chi connectivity index (χ4v) is 6.02. The van der Waals surface area contributed by atoms with Crippen molar-refractivity contribution in [3.05, 3.63) is 101 Å². The van der Waals surface area contributed by atoms with Gasteiger partial charge in [-0.2, -0.15) is 13.2 Å². The molecule has 0 spiro atoms. The Labute approximate surface area is 249 Å². The van der Waals surface area contributed by atoms with Crippen LogP contribution in [0.15, 0.2) is 84.4 Å². The molecule has 1 unspecified atom stereocenters. The first-order chi connectivity index (χ1) is 20.7. The van der Waals surface area contributed by atoms with Gasteiger partial charge in [-0.1, -0.05) is 54.6 Å². The van der Waals surface area contributed by atoms with E-state index in [0.717, 1.165) is 27.3 Å². The summed E-state index contributed by atoms with van der Waals surface area (Å²) in [6.45, 7) is 0.859. The maximum absolute atomic E-state index is 13.7. The third kappa shape index (κ3) is 5.82. The number of amides is 3. The average Bonchev–Trinajstić information content (AvgIpc) is 3.64. The second-order valence-corrected chi connectivity index (χ2v) is 11.2. The summed E-state index contributed by atoms with van der Waals surface area (Å²) >= 11 is 1.30. The number of hydrogen-bond donors (Lipinski definition) is 1. The van der Waals surface area contributed by atoms with Gasteiger partial charge in [0.05, 0.1) is 0 Å². The second kappa shape index (κ2) is 11.5. The van der Waals surface area contributed by atoms with E-state index in [2.05, 4.69) is 10.3 Å². The van der Waals surface area contributed by atoms with Crippen LogP contribution in [0.2, 0.25) is 0 Å². The van der Waals surface area contributed by atoms with Gasteiger partial charge in [0.15, 0.2) is 5.13 Å². The number of piperazine rings is 1. The molecule has 220 valence electrons. The van der Waals surface area contributed by atoms with E-state index in [1.165, 1.54) is 11.3 Å². The van der Waals surface area contributed by atoms with Gasteiger partial charge in [-0.25, -0.2) is 4.98 Å². The normalized spacial score (nSPS) is 15.8. The number of benzene rings is 3. The van der Waals surface area contributed by atoms with Crippen molar-refractivity contribution in [3.8, 4) is 11.1 Å². The number of aromatic nitrogens is 1. The van der Waals surface area contributed by atoms with Crippen molar-refractivity contribution in [1.82, 2.24) is 14.8 Å². The summed E-state index contributed by atoms with van der Waals surface area (Å²) in [5.41, 5.74) is 4.56. The third-order valence-electron chi connectivity index (χ3n) is 7.65. The highest BCUT2D eigenvalue weighted by molar-refractivity contribution is 7.13. The molecule has 3 amide bonds. The van der Waals surface area contributed by atoms with E-state index in [9.17, 15) is 27.6 Å². The predicted molar refractivity (Wildman–Crippen MR) is 157 cm³/mol. The highest BCUT2D eigenvalue weighted by Crippen LogP contribution is 2.35. The van der Waals surface area contributed by atoms with Crippen LogP contribution in [-0.2, 0) is 16.1 Å². The lowest BCUT2D eigenvalue weighted by atomic mass is 10.00. The molecule has 0 aliphatic carbocycles. The van der Waals surface area contributed by atoms with Crippen molar-refractivity contribution in [2.45, 2.75) is 18.8 Å². The number of hydrogen-bond acceptors (Lipinski definition) is 6. The van der Waals surface area contributed by atoms with Gasteiger partial charge in [-0.3, -0.25) is 19.7 Å². The first kappa shape index (κ1) is 28.4. The first-order valence-electron chi connectivity index (χ1n) is 13.6. The summed E-state index contributed by atoms with van der Waals surface area (Å²) in [4.78, 5) is 47.2. The van der Waals surface area contributed by atoms with E-state index in [1.54, 1.807) is 16.5 Å². The quantitative estimate of drug-likeness (QED) is 0.320. The lowest BCUT2D eigenvalue weighted by Crippen LogP contribution is -2.52. The van der Waals surface area contributed by atoms with Crippen molar-refractivity contribution in [1.29, 1.82) is 0 Å². The van der Waals surface area contributed by atoms with Crippen molar-refractivity contribution in [2.75, 3.05) is 36.4 Å². The predicted octanol–water partition coefficient (Wildman–Crippen LogP) is 5.36. The molecule has 0 bridgehead atoms. The Morgan fingerprint density at radius 2 is 1.60 bits per heavy atom. The molecular formula is C31H26F3N5O3S. The molecule has 6 rings (SSSR count). The highest BCUT2D eigenvalue weighted by Gasteiger charge is 2.43. The first-order valence-corrected chi connectivity index (χ1v) is 14.5. The molecule has 8 nitrogen and oxygen atoms in total. The van der Waals surface area contributed by atoms with Crippen LogP contribution < -0.4 is 10.2 Å². The summed E-state index contributed by atoms with van der Waals surface area (Å²) in [6.07, 6.45) is -3.27. The number of nitrogens with zero attached hydrogens (tertiary/aromatic N) is 4. The number of carbonyl (C=O) groups is 3. The topological polar surface area (TPSA) is 85.8 Å². The number of alkyl halides is 3. The van der Waals surface area contributed by atoms with Crippen molar-refractivity contribution < 1.29 is 27.6 Å². The third-order valence-corrected chi connectivity index (χ3v) is 8.34. The van der Waals surface area contributed by atoms with Crippen LogP contribution in [0.3, 0.4) is 0 Å². The molecule has 12 heteroatoms. The van der Waals surface area contributed by atoms with Crippen molar-refractivity contribution in [3.63, 3.8) is 0 Å². The van der Waals surface area contributed by atoms with Crippen molar-refractivity contribution in [2.24, 2.45) is 0 Å². The number of thiazole rings is 1. The zero-order valence-corrected chi connectivity index (χ0v) is 23.6. The van der Waals surface area contributed by atoms with Gasteiger partial charge in [-0.15, -0.1) is 11.3 Å². The molecule has 1 atom stereocenters. The maximum Gasteiger partial charge on any atom is 0.471 e. The van der Waals surface area contributed by atoms with E-state index in [0.29, 0.717) is 29.3 Å². The van der Waals surface area contributed by atoms with E-state index in [1.807, 2.05) is 77.7 Å². The standard InChI is InChI=1S/C31H26F3N5O3S/c32-31(33,34)29(42)38-15-13-37(14-16-38)24-10-8-20(9-11-24)22-6-7-23-19-39(28(41)25(23)18-22)26(21-4-2-1-3-5-21)27(40)36-30-35-12-17-43-30/h1-12,17-18,26H,13-16,19H2,(H,35,36,40). The lowest BCUT2D eigenvalue weighted by molar-refractivity contribution is -0.185. The van der Waals surface area contributed by atoms with Gasteiger partial charge in [0.1, 0.15) is 6.04 Å². The number of anilines is 2. The van der Waals surface area contributed by atoms with Gasteiger partial charge in [0, 0.05) is 55.6 Å². The number of nitrogens with one attached hydrogen (secondary N) is 1. The minimum absolute atomic E-state index is 0.00460. The number of carbonyl (C=O) groups excluding carboxylic acids is 3. The summed E-state index contributed by atoms with van der Waals surface area (Å²) in [5, 5.41) is 5.05. The zero-order chi connectivity index (χ0) is 30.1. The monoisotopic (exact) mass is 605 g/mol. The van der Waals surface area contributed by atoms with Crippen LogP contribution in [0.5, 0.6) is 0 Å². The minimum Gasteiger partial charge on any atom is -0.368 e. The number of halogens is 3. The van der Waals surface area contributed by atoms with Gasteiger partial charge in [-0.05, 0) is 40.5 Å². The smallest absolute Gasteiger partial charge is 0.368 e. The average molecular weight is 606 g/mol. The Morgan fingerprint density at radius 3 is 2.26 bits per heavy atom. The molecule has 43 heavy (non-hydrogen) atoms. The van der Waals surface area contributed by atoms with E-state index >= 15 is 0 Å².